The Kier molecular flexibility index (Phi) is 11.4. The lowest BCUT2D eigenvalue weighted by Gasteiger charge is -2.18. The second kappa shape index (κ2) is 11.8. The minimum atomic E-state index is 0. The largest absolute Gasteiger partial charge is 0.493 e. The zero-order valence-electron chi connectivity index (χ0n) is 13.5. The zero-order valence-corrected chi connectivity index (χ0v) is 16.6. The first-order valence-corrected chi connectivity index (χ1v) is 7.35. The summed E-state index contributed by atoms with van der Waals surface area (Å²) in [5.74, 6) is 1.51. The molecule has 1 rings (SSSR count). The molecule has 0 aromatic heterocycles. The summed E-state index contributed by atoms with van der Waals surface area (Å²) in [7, 11) is 3.41. The fourth-order valence-corrected chi connectivity index (χ4v) is 2.03. The van der Waals surface area contributed by atoms with E-state index in [1.54, 1.807) is 14.2 Å². The van der Waals surface area contributed by atoms with Crippen LogP contribution in [0.4, 0.5) is 0 Å². The van der Waals surface area contributed by atoms with E-state index in [0.29, 0.717) is 24.8 Å². The van der Waals surface area contributed by atoms with Crippen molar-refractivity contribution in [2.45, 2.75) is 26.4 Å². The van der Waals surface area contributed by atoms with E-state index in [9.17, 15) is 0 Å². The molecule has 0 aliphatic heterocycles. The van der Waals surface area contributed by atoms with Crippen LogP contribution < -0.4 is 15.4 Å². The molecule has 0 fully saturated rings. The van der Waals surface area contributed by atoms with Crippen molar-refractivity contribution in [3.05, 3.63) is 28.8 Å². The predicted octanol–water partition coefficient (Wildman–Crippen LogP) is 3.06. The number of rotatable bonds is 7. The number of methoxy groups -OCH3 is 1. The number of benzene rings is 1. The number of nitrogens with zero attached hydrogens (tertiary/aromatic N) is 1. The van der Waals surface area contributed by atoms with Gasteiger partial charge in [-0.2, -0.15) is 0 Å². The Bertz CT molecular complexity index is 472. The van der Waals surface area contributed by atoms with Gasteiger partial charge in [-0.15, -0.1) is 24.0 Å². The third-order valence-electron chi connectivity index (χ3n) is 2.80. The zero-order chi connectivity index (χ0) is 15.7. The smallest absolute Gasteiger partial charge is 0.191 e. The third-order valence-corrected chi connectivity index (χ3v) is 3.03. The van der Waals surface area contributed by atoms with Crippen LogP contribution in [-0.4, -0.2) is 39.4 Å². The first-order chi connectivity index (χ1) is 10.1. The Morgan fingerprint density at radius 2 is 2.14 bits per heavy atom. The predicted molar refractivity (Wildman–Crippen MR) is 103 cm³/mol. The van der Waals surface area contributed by atoms with E-state index in [0.717, 1.165) is 17.3 Å². The summed E-state index contributed by atoms with van der Waals surface area (Å²) in [5.41, 5.74) is 1.03. The third kappa shape index (κ3) is 7.51. The van der Waals surface area contributed by atoms with Crippen LogP contribution in [0.25, 0.3) is 0 Å². The van der Waals surface area contributed by atoms with Crippen molar-refractivity contribution < 1.29 is 9.47 Å². The molecule has 0 bridgehead atoms. The lowest BCUT2D eigenvalue weighted by Crippen LogP contribution is -2.43. The van der Waals surface area contributed by atoms with Gasteiger partial charge >= 0.3 is 0 Å². The lowest BCUT2D eigenvalue weighted by atomic mass is 10.2. The van der Waals surface area contributed by atoms with Crippen LogP contribution in [-0.2, 0) is 11.3 Å². The highest BCUT2D eigenvalue weighted by molar-refractivity contribution is 14.0. The molecule has 2 N–H and O–H groups in total. The maximum absolute atomic E-state index is 6.00. The lowest BCUT2D eigenvalue weighted by molar-refractivity contribution is 0.179. The number of hydrogen-bond acceptors (Lipinski definition) is 3. The van der Waals surface area contributed by atoms with Gasteiger partial charge in [0.05, 0.1) is 13.2 Å². The molecule has 0 aliphatic rings. The van der Waals surface area contributed by atoms with E-state index in [4.69, 9.17) is 21.1 Å². The standard InChI is InChI=1S/C15H24ClN3O2.HI/c1-5-21-14-8-13(16)7-6-12(14)9-18-15(17-3)19-11(2)10-20-4;/h6-8,11H,5,9-10H2,1-4H3,(H2,17,18,19);1H. The maximum atomic E-state index is 6.00. The Morgan fingerprint density at radius 3 is 2.73 bits per heavy atom. The Hall–Kier alpha value is -0.730. The average Bonchev–Trinajstić information content (AvgIpc) is 2.45. The molecule has 1 aromatic carbocycles. The highest BCUT2D eigenvalue weighted by Crippen LogP contribution is 2.23. The first-order valence-electron chi connectivity index (χ1n) is 6.98. The van der Waals surface area contributed by atoms with Crippen LogP contribution >= 0.6 is 35.6 Å². The number of ether oxygens (including phenoxy) is 2. The summed E-state index contributed by atoms with van der Waals surface area (Å²) in [5, 5.41) is 7.17. The number of nitrogens with one attached hydrogen (secondary N) is 2. The fourth-order valence-electron chi connectivity index (χ4n) is 1.86. The minimum absolute atomic E-state index is 0. The van der Waals surface area contributed by atoms with E-state index in [1.807, 2.05) is 32.0 Å². The second-order valence-corrected chi connectivity index (χ2v) is 5.05. The molecule has 0 amide bonds. The molecule has 1 unspecified atom stereocenters. The Balaban J connectivity index is 0.00000441. The van der Waals surface area contributed by atoms with Gasteiger partial charge in [0, 0.05) is 37.3 Å². The van der Waals surface area contributed by atoms with Gasteiger partial charge in [0.2, 0.25) is 0 Å². The monoisotopic (exact) mass is 441 g/mol. The molecule has 0 saturated carbocycles. The maximum Gasteiger partial charge on any atom is 0.191 e. The van der Waals surface area contributed by atoms with Crippen LogP contribution in [0, 0.1) is 0 Å². The molecule has 0 aliphatic carbocycles. The quantitative estimate of drug-likeness (QED) is 0.388. The van der Waals surface area contributed by atoms with E-state index in [2.05, 4.69) is 15.6 Å². The highest BCUT2D eigenvalue weighted by atomic mass is 127. The van der Waals surface area contributed by atoms with Crippen molar-refractivity contribution in [3.8, 4) is 5.75 Å². The molecule has 0 heterocycles. The summed E-state index contributed by atoms with van der Waals surface area (Å²) >= 11 is 6.00. The van der Waals surface area contributed by atoms with Gasteiger partial charge in [0.1, 0.15) is 5.75 Å². The Morgan fingerprint density at radius 1 is 1.41 bits per heavy atom. The summed E-state index contributed by atoms with van der Waals surface area (Å²) < 4.78 is 10.7. The van der Waals surface area contributed by atoms with Crippen molar-refractivity contribution in [2.75, 3.05) is 27.4 Å². The molecule has 1 atom stereocenters. The van der Waals surface area contributed by atoms with Gasteiger partial charge in [-0.25, -0.2) is 0 Å². The summed E-state index contributed by atoms with van der Waals surface area (Å²) in [6.07, 6.45) is 0. The highest BCUT2D eigenvalue weighted by Gasteiger charge is 2.08. The van der Waals surface area contributed by atoms with Crippen LogP contribution in [0.3, 0.4) is 0 Å². The molecule has 0 saturated heterocycles. The van der Waals surface area contributed by atoms with Crippen LogP contribution in [0.1, 0.15) is 19.4 Å². The van der Waals surface area contributed by atoms with E-state index >= 15 is 0 Å². The van der Waals surface area contributed by atoms with Crippen LogP contribution in [0.15, 0.2) is 23.2 Å². The SMILES string of the molecule is CCOc1cc(Cl)ccc1CNC(=NC)NC(C)COC.I. The molecule has 5 nitrogen and oxygen atoms in total. The molecule has 126 valence electrons. The number of hydrogen-bond donors (Lipinski definition) is 2. The normalized spacial score (nSPS) is 12.3. The molecular formula is C15H25ClIN3O2. The number of aliphatic imine (C=N–C) groups is 1. The van der Waals surface area contributed by atoms with Crippen molar-refractivity contribution in [2.24, 2.45) is 4.99 Å². The molecule has 0 radical (unpaired) electrons. The van der Waals surface area contributed by atoms with Gasteiger partial charge in [0.25, 0.3) is 0 Å². The molecule has 22 heavy (non-hydrogen) atoms. The number of halogens is 2. The molecule has 1 aromatic rings. The average molecular weight is 442 g/mol. The van der Waals surface area contributed by atoms with E-state index in [-0.39, 0.29) is 30.0 Å². The minimum Gasteiger partial charge on any atom is -0.493 e. The van der Waals surface area contributed by atoms with Gasteiger partial charge < -0.3 is 20.1 Å². The molecule has 7 heteroatoms. The van der Waals surface area contributed by atoms with Gasteiger partial charge in [-0.05, 0) is 26.0 Å². The molecular weight excluding hydrogens is 417 g/mol. The molecule has 0 spiro atoms. The van der Waals surface area contributed by atoms with Gasteiger partial charge in [0.15, 0.2) is 5.96 Å². The fraction of sp³-hybridized carbons (Fsp3) is 0.533. The summed E-state index contributed by atoms with van der Waals surface area (Å²) in [4.78, 5) is 4.19. The summed E-state index contributed by atoms with van der Waals surface area (Å²) in [6.45, 7) is 5.80. The number of guanidine groups is 1. The topological polar surface area (TPSA) is 54.9 Å². The van der Waals surface area contributed by atoms with E-state index in [1.165, 1.54) is 0 Å². The summed E-state index contributed by atoms with van der Waals surface area (Å²) in [6, 6.07) is 5.81. The second-order valence-electron chi connectivity index (χ2n) is 4.61. The van der Waals surface area contributed by atoms with Crippen LogP contribution in [0.2, 0.25) is 5.02 Å². The Labute approximate surface area is 154 Å². The van der Waals surface area contributed by atoms with Gasteiger partial charge in [-0.3, -0.25) is 4.99 Å². The van der Waals surface area contributed by atoms with Crippen molar-refractivity contribution in [3.63, 3.8) is 0 Å². The first kappa shape index (κ1) is 21.3. The van der Waals surface area contributed by atoms with Crippen molar-refractivity contribution in [1.29, 1.82) is 0 Å². The van der Waals surface area contributed by atoms with Crippen molar-refractivity contribution in [1.82, 2.24) is 10.6 Å². The van der Waals surface area contributed by atoms with Crippen molar-refractivity contribution >= 4 is 41.5 Å². The van der Waals surface area contributed by atoms with Gasteiger partial charge in [-0.1, -0.05) is 17.7 Å². The van der Waals surface area contributed by atoms with Crippen LogP contribution in [0.5, 0.6) is 5.75 Å². The van der Waals surface area contributed by atoms with E-state index < -0.39 is 0 Å².